The van der Waals surface area contributed by atoms with Crippen molar-refractivity contribution in [3.05, 3.63) is 48.5 Å². The van der Waals surface area contributed by atoms with E-state index in [4.69, 9.17) is 0 Å². The van der Waals surface area contributed by atoms with E-state index in [2.05, 4.69) is 51.0 Å². The van der Waals surface area contributed by atoms with E-state index in [1.165, 1.54) is 37.4 Å². The smallest absolute Gasteiger partial charge is 0.130 e. The van der Waals surface area contributed by atoms with Crippen molar-refractivity contribution in [2.75, 3.05) is 13.1 Å². The van der Waals surface area contributed by atoms with Crippen LogP contribution in [0.3, 0.4) is 0 Å². The summed E-state index contributed by atoms with van der Waals surface area (Å²) in [5.74, 6) is 2.04. The minimum atomic E-state index is 0.542. The van der Waals surface area contributed by atoms with Crippen LogP contribution in [0.2, 0.25) is 0 Å². The molecular weight excluding hydrogens is 222 g/mol. The Balaban J connectivity index is 1.77. The Bertz CT molecular complexity index is 526. The summed E-state index contributed by atoms with van der Waals surface area (Å²) in [4.78, 5) is 7.23. The summed E-state index contributed by atoms with van der Waals surface area (Å²) in [5.41, 5.74) is 1.22. The van der Waals surface area contributed by atoms with Gasteiger partial charge in [0.2, 0.25) is 0 Å². The number of para-hydroxylation sites is 1. The lowest BCUT2D eigenvalue weighted by atomic mass is 9.99. The van der Waals surface area contributed by atoms with Crippen LogP contribution in [-0.4, -0.2) is 27.5 Å². The van der Waals surface area contributed by atoms with E-state index >= 15 is 0 Å². The highest BCUT2D eigenvalue weighted by Gasteiger charge is 2.42. The molecule has 0 radical (unpaired) electrons. The number of imidazole rings is 1. The van der Waals surface area contributed by atoms with Crippen molar-refractivity contribution in [1.29, 1.82) is 0 Å². The van der Waals surface area contributed by atoms with Crippen molar-refractivity contribution in [2.24, 2.45) is 5.92 Å². The summed E-state index contributed by atoms with van der Waals surface area (Å²) >= 11 is 0. The number of nitrogens with zero attached hydrogens (tertiary/aromatic N) is 3. The monoisotopic (exact) mass is 239 g/mol. The molecule has 18 heavy (non-hydrogen) atoms. The highest BCUT2D eigenvalue weighted by molar-refractivity contribution is 5.33. The first-order valence-corrected chi connectivity index (χ1v) is 6.76. The van der Waals surface area contributed by atoms with Crippen LogP contribution < -0.4 is 0 Å². The molecule has 0 aliphatic carbocycles. The summed E-state index contributed by atoms with van der Waals surface area (Å²) in [5, 5.41) is 0. The first-order chi connectivity index (χ1) is 8.93. The van der Waals surface area contributed by atoms with Gasteiger partial charge in [0.1, 0.15) is 5.82 Å². The van der Waals surface area contributed by atoms with E-state index in [-0.39, 0.29) is 0 Å². The van der Waals surface area contributed by atoms with E-state index in [1.54, 1.807) is 0 Å². The van der Waals surface area contributed by atoms with Gasteiger partial charge in [0, 0.05) is 18.1 Å². The average Bonchev–Trinajstić information content (AvgIpc) is 3.13. The number of fused-ring (bicyclic) bond motifs is 2. The van der Waals surface area contributed by atoms with Crippen LogP contribution in [-0.2, 0) is 0 Å². The number of rotatable bonds is 2. The fraction of sp³-hybridized carbons (Fsp3) is 0.400. The van der Waals surface area contributed by atoms with E-state index in [9.17, 15) is 0 Å². The molecule has 3 heterocycles. The first kappa shape index (κ1) is 10.3. The summed E-state index contributed by atoms with van der Waals surface area (Å²) in [7, 11) is 0. The van der Waals surface area contributed by atoms with E-state index in [1.807, 2.05) is 6.20 Å². The molecule has 0 spiro atoms. The molecule has 0 amide bonds. The van der Waals surface area contributed by atoms with Gasteiger partial charge in [-0.25, -0.2) is 4.98 Å². The van der Waals surface area contributed by atoms with Crippen LogP contribution >= 0.6 is 0 Å². The molecule has 92 valence electrons. The molecule has 4 rings (SSSR count). The van der Waals surface area contributed by atoms with Crippen molar-refractivity contribution in [2.45, 2.75) is 18.9 Å². The SMILES string of the molecule is c1ccc(-n2ccnc2[C@@H]2C3CCN2CC3)cc1. The third-order valence-corrected chi connectivity index (χ3v) is 4.38. The maximum atomic E-state index is 4.64. The predicted molar refractivity (Wildman–Crippen MR) is 70.6 cm³/mol. The number of hydrogen-bond donors (Lipinski definition) is 0. The first-order valence-electron chi connectivity index (χ1n) is 6.76. The minimum absolute atomic E-state index is 0.542. The van der Waals surface area contributed by atoms with Crippen LogP contribution in [0.4, 0.5) is 0 Å². The molecule has 1 aromatic carbocycles. The molecule has 3 heteroatoms. The molecular formula is C15H17N3. The summed E-state index contributed by atoms with van der Waals surface area (Å²) in [6.45, 7) is 2.49. The van der Waals surface area contributed by atoms with E-state index in [0.717, 1.165) is 5.92 Å². The molecule has 0 N–H and O–H groups in total. The van der Waals surface area contributed by atoms with Crippen molar-refractivity contribution in [3.63, 3.8) is 0 Å². The second-order valence-corrected chi connectivity index (χ2v) is 5.31. The molecule has 1 aromatic heterocycles. The van der Waals surface area contributed by atoms with Crippen LogP contribution in [0, 0.1) is 5.92 Å². The molecule has 0 unspecified atom stereocenters. The van der Waals surface area contributed by atoms with Crippen LogP contribution in [0.15, 0.2) is 42.7 Å². The van der Waals surface area contributed by atoms with Crippen LogP contribution in [0.25, 0.3) is 5.69 Å². The average molecular weight is 239 g/mol. The quantitative estimate of drug-likeness (QED) is 0.803. The van der Waals surface area contributed by atoms with Gasteiger partial charge in [-0.05, 0) is 44.0 Å². The van der Waals surface area contributed by atoms with Crippen LogP contribution in [0.1, 0.15) is 24.7 Å². The third kappa shape index (κ3) is 1.44. The lowest BCUT2D eigenvalue weighted by Gasteiger charge is -2.19. The van der Waals surface area contributed by atoms with Gasteiger partial charge in [-0.3, -0.25) is 4.90 Å². The number of hydrogen-bond acceptors (Lipinski definition) is 2. The second-order valence-electron chi connectivity index (χ2n) is 5.31. The molecule has 1 atom stereocenters. The molecule has 2 aliphatic rings. The van der Waals surface area contributed by atoms with Gasteiger partial charge in [0.25, 0.3) is 0 Å². The fourth-order valence-electron chi connectivity index (χ4n) is 3.53. The Hall–Kier alpha value is -1.61. The number of aromatic nitrogens is 2. The largest absolute Gasteiger partial charge is 0.302 e. The molecule has 2 aliphatic heterocycles. The Morgan fingerprint density at radius 1 is 1.06 bits per heavy atom. The Kier molecular flexibility index (Phi) is 2.27. The normalized spacial score (nSPS) is 29.9. The number of piperidine rings is 1. The van der Waals surface area contributed by atoms with Crippen molar-refractivity contribution in [1.82, 2.24) is 14.5 Å². The zero-order chi connectivity index (χ0) is 11.9. The van der Waals surface area contributed by atoms with Crippen molar-refractivity contribution in [3.8, 4) is 5.69 Å². The van der Waals surface area contributed by atoms with Crippen LogP contribution in [0.5, 0.6) is 0 Å². The van der Waals surface area contributed by atoms with Gasteiger partial charge in [0.15, 0.2) is 0 Å². The highest BCUT2D eigenvalue weighted by Crippen LogP contribution is 2.44. The Morgan fingerprint density at radius 3 is 2.50 bits per heavy atom. The van der Waals surface area contributed by atoms with E-state index < -0.39 is 0 Å². The summed E-state index contributed by atoms with van der Waals surface area (Å²) < 4.78 is 2.25. The van der Waals surface area contributed by atoms with Gasteiger partial charge < -0.3 is 4.57 Å². The fourth-order valence-corrected chi connectivity index (χ4v) is 3.53. The Labute approximate surface area is 107 Å². The highest BCUT2D eigenvalue weighted by atomic mass is 15.3. The van der Waals surface area contributed by atoms with Gasteiger partial charge in [-0.2, -0.15) is 0 Å². The zero-order valence-electron chi connectivity index (χ0n) is 10.4. The predicted octanol–water partition coefficient (Wildman–Crippen LogP) is 2.64. The topological polar surface area (TPSA) is 21.1 Å². The molecule has 0 saturated carbocycles. The van der Waals surface area contributed by atoms with Gasteiger partial charge >= 0.3 is 0 Å². The zero-order valence-corrected chi connectivity index (χ0v) is 10.4. The van der Waals surface area contributed by atoms with E-state index in [0.29, 0.717) is 6.04 Å². The standard InChI is InChI=1S/C15H17N3/c1-2-4-13(5-3-1)18-11-8-16-15(18)14-12-6-9-17(14)10-7-12/h1-5,8,11-12,14H,6-7,9-10H2/t14-/m0/s1. The molecule has 2 bridgehead atoms. The third-order valence-electron chi connectivity index (χ3n) is 4.38. The molecule has 2 aromatic rings. The molecule has 3 nitrogen and oxygen atoms in total. The lowest BCUT2D eigenvalue weighted by molar-refractivity contribution is 0.293. The minimum Gasteiger partial charge on any atom is -0.302 e. The number of benzene rings is 1. The summed E-state index contributed by atoms with van der Waals surface area (Å²) in [6, 6.07) is 11.1. The summed E-state index contributed by atoms with van der Waals surface area (Å²) in [6.07, 6.45) is 6.70. The molecule has 2 fully saturated rings. The van der Waals surface area contributed by atoms with Gasteiger partial charge in [0.05, 0.1) is 6.04 Å². The lowest BCUT2D eigenvalue weighted by Crippen LogP contribution is -2.22. The molecule has 2 saturated heterocycles. The maximum Gasteiger partial charge on any atom is 0.130 e. The maximum absolute atomic E-state index is 4.64. The Morgan fingerprint density at radius 2 is 1.83 bits per heavy atom. The van der Waals surface area contributed by atoms with Gasteiger partial charge in [-0.15, -0.1) is 0 Å². The van der Waals surface area contributed by atoms with Crippen molar-refractivity contribution >= 4 is 0 Å². The second kappa shape index (κ2) is 3.95. The van der Waals surface area contributed by atoms with Crippen molar-refractivity contribution < 1.29 is 0 Å². The van der Waals surface area contributed by atoms with Gasteiger partial charge in [-0.1, -0.05) is 18.2 Å².